The van der Waals surface area contributed by atoms with Gasteiger partial charge in [0.2, 0.25) is 0 Å². The van der Waals surface area contributed by atoms with E-state index in [0.29, 0.717) is 10.0 Å². The number of benzene rings is 2. The molecule has 29 heavy (non-hydrogen) atoms. The van der Waals surface area contributed by atoms with Crippen LogP contribution < -0.4 is 9.47 Å². The van der Waals surface area contributed by atoms with Gasteiger partial charge in [-0.2, -0.15) is 0 Å². The average molecular weight is 452 g/mol. The monoisotopic (exact) mass is 451 g/mol. The number of hydrogen-bond donors (Lipinski definition) is 0. The largest absolute Gasteiger partial charge is 0.497 e. The maximum absolute atomic E-state index is 6.12. The van der Waals surface area contributed by atoms with Crippen molar-refractivity contribution in [2.45, 2.75) is 43.8 Å². The second-order valence-electron chi connectivity index (χ2n) is 6.78. The van der Waals surface area contributed by atoms with Crippen molar-refractivity contribution in [2.75, 3.05) is 7.11 Å². The molecule has 1 atom stereocenters. The van der Waals surface area contributed by atoms with Gasteiger partial charge in [0.25, 0.3) is 0 Å². The lowest BCUT2D eigenvalue weighted by atomic mass is 10.2. The summed E-state index contributed by atoms with van der Waals surface area (Å²) in [6.45, 7) is 6.19. The van der Waals surface area contributed by atoms with Crippen LogP contribution in [0.1, 0.15) is 44.3 Å². The summed E-state index contributed by atoms with van der Waals surface area (Å²) in [6.07, 6.45) is -0.252. The number of nitrogens with zero attached hydrogens (tertiary/aromatic N) is 3. The van der Waals surface area contributed by atoms with E-state index in [1.165, 1.54) is 0 Å². The summed E-state index contributed by atoms with van der Waals surface area (Å²) in [7, 11) is 1.64. The SMILES string of the molecule is COc1ccc(OC(C)c2nnc(SCc3ccc(Cl)c(Cl)c3)n2C(C)C)cc1. The topological polar surface area (TPSA) is 49.2 Å². The van der Waals surface area contributed by atoms with Crippen LogP contribution in [0.4, 0.5) is 0 Å². The molecule has 8 heteroatoms. The Labute approximate surface area is 185 Å². The zero-order valence-electron chi connectivity index (χ0n) is 16.7. The molecule has 0 fully saturated rings. The Morgan fingerprint density at radius 2 is 1.66 bits per heavy atom. The fourth-order valence-electron chi connectivity index (χ4n) is 2.84. The Morgan fingerprint density at radius 3 is 2.28 bits per heavy atom. The number of halogens is 2. The number of methoxy groups -OCH3 is 1. The predicted molar refractivity (Wildman–Crippen MR) is 118 cm³/mol. The van der Waals surface area contributed by atoms with Crippen molar-refractivity contribution in [3.05, 3.63) is 63.9 Å². The first-order valence-corrected chi connectivity index (χ1v) is 11.0. The van der Waals surface area contributed by atoms with Crippen molar-refractivity contribution >= 4 is 35.0 Å². The molecule has 0 saturated carbocycles. The van der Waals surface area contributed by atoms with Crippen molar-refractivity contribution in [3.63, 3.8) is 0 Å². The molecular weight excluding hydrogens is 429 g/mol. The van der Waals surface area contributed by atoms with E-state index in [9.17, 15) is 0 Å². The molecule has 5 nitrogen and oxygen atoms in total. The number of thioether (sulfide) groups is 1. The lowest BCUT2D eigenvalue weighted by Gasteiger charge is -2.19. The summed E-state index contributed by atoms with van der Waals surface area (Å²) in [4.78, 5) is 0. The van der Waals surface area contributed by atoms with Crippen LogP contribution in [-0.4, -0.2) is 21.9 Å². The molecule has 3 aromatic rings. The molecule has 154 valence electrons. The molecule has 0 saturated heterocycles. The van der Waals surface area contributed by atoms with Gasteiger partial charge in [-0.25, -0.2) is 0 Å². The van der Waals surface area contributed by atoms with Crippen LogP contribution in [0.25, 0.3) is 0 Å². The first-order valence-electron chi connectivity index (χ1n) is 9.21. The molecule has 0 radical (unpaired) electrons. The summed E-state index contributed by atoms with van der Waals surface area (Å²) < 4.78 is 13.4. The second kappa shape index (κ2) is 9.74. The molecule has 0 bridgehead atoms. The van der Waals surface area contributed by atoms with E-state index in [1.807, 2.05) is 49.4 Å². The number of rotatable bonds is 8. The zero-order chi connectivity index (χ0) is 21.0. The fraction of sp³-hybridized carbons (Fsp3) is 0.333. The van der Waals surface area contributed by atoms with E-state index >= 15 is 0 Å². The molecule has 0 N–H and O–H groups in total. The van der Waals surface area contributed by atoms with Crippen LogP contribution in [0.5, 0.6) is 11.5 Å². The molecule has 1 unspecified atom stereocenters. The van der Waals surface area contributed by atoms with E-state index in [1.54, 1.807) is 18.9 Å². The zero-order valence-corrected chi connectivity index (χ0v) is 19.1. The van der Waals surface area contributed by atoms with Crippen LogP contribution in [0.3, 0.4) is 0 Å². The van der Waals surface area contributed by atoms with Gasteiger partial charge in [0, 0.05) is 11.8 Å². The standard InChI is InChI=1S/C21H23Cl2N3O2S/c1-13(2)26-20(14(3)28-17-8-6-16(27-4)7-9-17)24-25-21(26)29-12-15-5-10-18(22)19(23)11-15/h5-11,13-14H,12H2,1-4H3. The van der Waals surface area contributed by atoms with Crippen molar-refractivity contribution < 1.29 is 9.47 Å². The van der Waals surface area contributed by atoms with Crippen LogP contribution in [0.2, 0.25) is 10.0 Å². The highest BCUT2D eigenvalue weighted by atomic mass is 35.5. The van der Waals surface area contributed by atoms with Gasteiger partial charge in [0.1, 0.15) is 11.5 Å². The van der Waals surface area contributed by atoms with Crippen LogP contribution >= 0.6 is 35.0 Å². The van der Waals surface area contributed by atoms with Gasteiger partial charge in [0.15, 0.2) is 17.1 Å². The summed E-state index contributed by atoms with van der Waals surface area (Å²) in [5.41, 5.74) is 1.08. The average Bonchev–Trinajstić information content (AvgIpc) is 3.14. The first-order chi connectivity index (χ1) is 13.9. The van der Waals surface area contributed by atoms with Crippen molar-refractivity contribution in [1.82, 2.24) is 14.8 Å². The van der Waals surface area contributed by atoms with Gasteiger partial charge >= 0.3 is 0 Å². The highest BCUT2D eigenvalue weighted by Crippen LogP contribution is 2.31. The smallest absolute Gasteiger partial charge is 0.191 e. The minimum atomic E-state index is -0.252. The van der Waals surface area contributed by atoms with Gasteiger partial charge < -0.3 is 14.0 Å². The molecule has 0 aliphatic rings. The predicted octanol–water partition coefficient (Wildman–Crippen LogP) is 6.61. The maximum Gasteiger partial charge on any atom is 0.191 e. The Bertz CT molecular complexity index is 961. The van der Waals surface area contributed by atoms with Crippen molar-refractivity contribution in [3.8, 4) is 11.5 Å². The van der Waals surface area contributed by atoms with Crippen LogP contribution in [0.15, 0.2) is 47.6 Å². The van der Waals surface area contributed by atoms with Gasteiger partial charge in [0.05, 0.1) is 17.2 Å². The lowest BCUT2D eigenvalue weighted by molar-refractivity contribution is 0.207. The van der Waals surface area contributed by atoms with E-state index in [0.717, 1.165) is 33.8 Å². The summed E-state index contributed by atoms with van der Waals surface area (Å²) >= 11 is 13.7. The molecule has 1 heterocycles. The molecule has 0 amide bonds. The van der Waals surface area contributed by atoms with E-state index in [-0.39, 0.29) is 12.1 Å². The lowest BCUT2D eigenvalue weighted by Crippen LogP contribution is -2.14. The molecule has 2 aromatic carbocycles. The second-order valence-corrected chi connectivity index (χ2v) is 8.53. The highest BCUT2D eigenvalue weighted by Gasteiger charge is 2.21. The fourth-order valence-corrected chi connectivity index (χ4v) is 4.18. The van der Waals surface area contributed by atoms with E-state index in [2.05, 4.69) is 28.6 Å². The van der Waals surface area contributed by atoms with E-state index < -0.39 is 0 Å². The molecule has 3 rings (SSSR count). The van der Waals surface area contributed by atoms with E-state index in [4.69, 9.17) is 32.7 Å². The molecular formula is C21H23Cl2N3O2S. The van der Waals surface area contributed by atoms with Gasteiger partial charge in [-0.05, 0) is 62.7 Å². The highest BCUT2D eigenvalue weighted by molar-refractivity contribution is 7.98. The Hall–Kier alpha value is -1.89. The van der Waals surface area contributed by atoms with Gasteiger partial charge in [-0.15, -0.1) is 10.2 Å². The molecule has 0 aliphatic carbocycles. The van der Waals surface area contributed by atoms with Crippen LogP contribution in [-0.2, 0) is 5.75 Å². The molecule has 0 aliphatic heterocycles. The third-order valence-corrected chi connectivity index (χ3v) is 6.05. The third kappa shape index (κ3) is 5.38. The quantitative estimate of drug-likeness (QED) is 0.360. The number of ether oxygens (including phenoxy) is 2. The number of hydrogen-bond acceptors (Lipinski definition) is 5. The summed E-state index contributed by atoms with van der Waals surface area (Å²) in [5, 5.41) is 10.8. The minimum absolute atomic E-state index is 0.193. The maximum atomic E-state index is 6.12. The van der Waals surface area contributed by atoms with Gasteiger partial charge in [-0.1, -0.05) is 41.0 Å². The summed E-state index contributed by atoms with van der Waals surface area (Å²) in [6, 6.07) is 13.3. The third-order valence-electron chi connectivity index (χ3n) is 4.30. The normalized spacial score (nSPS) is 12.2. The Morgan fingerprint density at radius 1 is 0.966 bits per heavy atom. The minimum Gasteiger partial charge on any atom is -0.497 e. The Balaban J connectivity index is 1.75. The first kappa shape index (κ1) is 21.8. The van der Waals surface area contributed by atoms with Crippen LogP contribution in [0, 0.1) is 0 Å². The Kier molecular flexibility index (Phi) is 7.33. The van der Waals surface area contributed by atoms with Gasteiger partial charge in [-0.3, -0.25) is 0 Å². The number of aromatic nitrogens is 3. The van der Waals surface area contributed by atoms with Crippen molar-refractivity contribution in [1.29, 1.82) is 0 Å². The molecule has 1 aromatic heterocycles. The summed E-state index contributed by atoms with van der Waals surface area (Å²) in [5.74, 6) is 3.04. The van der Waals surface area contributed by atoms with Crippen molar-refractivity contribution in [2.24, 2.45) is 0 Å². The molecule has 0 spiro atoms.